The van der Waals surface area contributed by atoms with E-state index in [-0.39, 0.29) is 0 Å². The van der Waals surface area contributed by atoms with Crippen molar-refractivity contribution in [1.82, 2.24) is 15.0 Å². The molecule has 210 valence electrons. The SMILES string of the molecule is c1ccc(-c2nc(-c3cc(-c4ccccc4)c4ccc5ccccc5c4c3)nc(-c3cccc4oc5ccccc5c34)n2)cc1. The van der Waals surface area contributed by atoms with Crippen LogP contribution in [0.4, 0.5) is 0 Å². The van der Waals surface area contributed by atoms with Gasteiger partial charge in [-0.25, -0.2) is 15.0 Å². The van der Waals surface area contributed by atoms with Gasteiger partial charge in [0.2, 0.25) is 0 Å². The summed E-state index contributed by atoms with van der Waals surface area (Å²) < 4.78 is 6.23. The minimum atomic E-state index is 0.607. The van der Waals surface area contributed by atoms with Crippen LogP contribution in [0.1, 0.15) is 0 Å². The van der Waals surface area contributed by atoms with Gasteiger partial charge in [-0.2, -0.15) is 0 Å². The molecule has 4 heteroatoms. The fraction of sp³-hybridized carbons (Fsp3) is 0. The highest BCUT2D eigenvalue weighted by Crippen LogP contribution is 2.39. The maximum absolute atomic E-state index is 6.23. The Hall–Kier alpha value is -6.13. The standard InChI is InChI=1S/C41H25N3O/c1-3-12-26(13-4-1)34-24-29(25-35-30-17-8-7-14-27(30)22-23-31(34)35)40-42-39(28-15-5-2-6-16-28)43-41(44-40)33-19-11-21-37-38(33)32-18-9-10-20-36(32)45-37/h1-25H. The first-order valence-corrected chi connectivity index (χ1v) is 15.0. The highest BCUT2D eigenvalue weighted by molar-refractivity contribution is 6.14. The minimum absolute atomic E-state index is 0.607. The van der Waals surface area contributed by atoms with Crippen molar-refractivity contribution in [2.24, 2.45) is 0 Å². The van der Waals surface area contributed by atoms with E-state index in [0.29, 0.717) is 17.5 Å². The summed E-state index contributed by atoms with van der Waals surface area (Å²) in [5.74, 6) is 1.85. The molecule has 0 aliphatic rings. The fourth-order valence-corrected chi connectivity index (χ4v) is 6.40. The summed E-state index contributed by atoms with van der Waals surface area (Å²) in [6, 6.07) is 52.2. The first kappa shape index (κ1) is 25.4. The van der Waals surface area contributed by atoms with E-state index in [0.717, 1.165) is 55.1 Å². The Balaban J connectivity index is 1.36. The van der Waals surface area contributed by atoms with Crippen LogP contribution in [0.2, 0.25) is 0 Å². The lowest BCUT2D eigenvalue weighted by Gasteiger charge is -2.14. The Labute approximate surface area is 259 Å². The minimum Gasteiger partial charge on any atom is -0.456 e. The van der Waals surface area contributed by atoms with Gasteiger partial charge in [0.1, 0.15) is 11.2 Å². The van der Waals surface area contributed by atoms with Crippen molar-refractivity contribution in [2.75, 3.05) is 0 Å². The highest BCUT2D eigenvalue weighted by Gasteiger charge is 2.19. The molecule has 2 heterocycles. The van der Waals surface area contributed by atoms with Crippen LogP contribution < -0.4 is 0 Å². The average Bonchev–Trinajstić information content (AvgIpc) is 3.51. The van der Waals surface area contributed by atoms with Gasteiger partial charge in [0, 0.05) is 27.5 Å². The van der Waals surface area contributed by atoms with E-state index >= 15 is 0 Å². The molecule has 0 aliphatic carbocycles. The number of furan rings is 1. The van der Waals surface area contributed by atoms with Gasteiger partial charge in [-0.3, -0.25) is 0 Å². The molecule has 2 aromatic heterocycles. The molecule has 0 fully saturated rings. The Morgan fingerprint density at radius 1 is 0.356 bits per heavy atom. The third-order valence-electron chi connectivity index (χ3n) is 8.51. The zero-order valence-electron chi connectivity index (χ0n) is 24.2. The number of hydrogen-bond donors (Lipinski definition) is 0. The Kier molecular flexibility index (Phi) is 5.78. The summed E-state index contributed by atoms with van der Waals surface area (Å²) >= 11 is 0. The first-order valence-electron chi connectivity index (χ1n) is 15.0. The topological polar surface area (TPSA) is 51.8 Å². The molecule has 4 nitrogen and oxygen atoms in total. The van der Waals surface area contributed by atoms with Crippen LogP contribution in [-0.2, 0) is 0 Å². The van der Waals surface area contributed by atoms with Gasteiger partial charge in [0.25, 0.3) is 0 Å². The van der Waals surface area contributed by atoms with Crippen molar-refractivity contribution in [1.29, 1.82) is 0 Å². The molecular formula is C41H25N3O. The van der Waals surface area contributed by atoms with E-state index in [1.807, 2.05) is 60.7 Å². The van der Waals surface area contributed by atoms with Crippen LogP contribution in [0.15, 0.2) is 156 Å². The van der Waals surface area contributed by atoms with E-state index in [1.54, 1.807) is 0 Å². The number of benzene rings is 7. The summed E-state index contributed by atoms with van der Waals surface area (Å²) in [5.41, 5.74) is 6.70. The van der Waals surface area contributed by atoms with E-state index in [9.17, 15) is 0 Å². The third kappa shape index (κ3) is 4.27. The number of para-hydroxylation sites is 1. The smallest absolute Gasteiger partial charge is 0.164 e. The van der Waals surface area contributed by atoms with Crippen molar-refractivity contribution in [2.45, 2.75) is 0 Å². The van der Waals surface area contributed by atoms with E-state index < -0.39 is 0 Å². The Morgan fingerprint density at radius 2 is 1.00 bits per heavy atom. The van der Waals surface area contributed by atoms with Crippen molar-refractivity contribution in [3.63, 3.8) is 0 Å². The Bertz CT molecular complexity index is 2540. The van der Waals surface area contributed by atoms with Crippen LogP contribution in [-0.4, -0.2) is 15.0 Å². The van der Waals surface area contributed by atoms with Crippen molar-refractivity contribution >= 4 is 43.5 Å². The van der Waals surface area contributed by atoms with Gasteiger partial charge >= 0.3 is 0 Å². The molecule has 0 saturated carbocycles. The summed E-state index contributed by atoms with van der Waals surface area (Å²) in [7, 11) is 0. The van der Waals surface area contributed by atoms with Crippen LogP contribution in [0.25, 0.3) is 88.8 Å². The summed E-state index contributed by atoms with van der Waals surface area (Å²) in [5, 5.41) is 6.78. The van der Waals surface area contributed by atoms with Gasteiger partial charge < -0.3 is 4.42 Å². The van der Waals surface area contributed by atoms with Gasteiger partial charge in [0.15, 0.2) is 17.5 Å². The van der Waals surface area contributed by atoms with Crippen molar-refractivity contribution < 1.29 is 4.42 Å². The molecule has 0 N–H and O–H groups in total. The summed E-state index contributed by atoms with van der Waals surface area (Å²) in [6.45, 7) is 0. The molecule has 0 atom stereocenters. The number of nitrogens with zero attached hydrogens (tertiary/aromatic N) is 3. The van der Waals surface area contributed by atoms with Gasteiger partial charge in [-0.05, 0) is 56.9 Å². The van der Waals surface area contributed by atoms with Crippen LogP contribution in [0.3, 0.4) is 0 Å². The molecule has 7 aromatic carbocycles. The van der Waals surface area contributed by atoms with Crippen molar-refractivity contribution in [3.05, 3.63) is 152 Å². The predicted molar refractivity (Wildman–Crippen MR) is 184 cm³/mol. The van der Waals surface area contributed by atoms with Crippen molar-refractivity contribution in [3.8, 4) is 45.3 Å². The van der Waals surface area contributed by atoms with Gasteiger partial charge in [-0.15, -0.1) is 0 Å². The number of aromatic nitrogens is 3. The average molecular weight is 576 g/mol. The van der Waals surface area contributed by atoms with E-state index in [2.05, 4.69) is 91.0 Å². The molecule has 45 heavy (non-hydrogen) atoms. The largest absolute Gasteiger partial charge is 0.456 e. The lowest BCUT2D eigenvalue weighted by Crippen LogP contribution is -2.01. The molecule has 0 aliphatic heterocycles. The lowest BCUT2D eigenvalue weighted by molar-refractivity contribution is 0.669. The zero-order chi connectivity index (χ0) is 29.7. The molecular weight excluding hydrogens is 550 g/mol. The number of fused-ring (bicyclic) bond motifs is 6. The van der Waals surface area contributed by atoms with Crippen LogP contribution in [0.5, 0.6) is 0 Å². The monoisotopic (exact) mass is 575 g/mol. The molecule has 9 aromatic rings. The molecule has 0 saturated heterocycles. The van der Waals surface area contributed by atoms with Gasteiger partial charge in [-0.1, -0.05) is 127 Å². The second-order valence-electron chi connectivity index (χ2n) is 11.2. The van der Waals surface area contributed by atoms with Crippen LogP contribution >= 0.6 is 0 Å². The first-order chi connectivity index (χ1) is 22.3. The molecule has 9 rings (SSSR count). The van der Waals surface area contributed by atoms with Crippen LogP contribution in [0, 0.1) is 0 Å². The third-order valence-corrected chi connectivity index (χ3v) is 8.51. The van der Waals surface area contributed by atoms with E-state index in [4.69, 9.17) is 19.4 Å². The molecule has 0 amide bonds. The normalized spacial score (nSPS) is 11.6. The van der Waals surface area contributed by atoms with E-state index in [1.165, 1.54) is 16.2 Å². The second-order valence-corrected chi connectivity index (χ2v) is 11.2. The lowest BCUT2D eigenvalue weighted by atomic mass is 9.92. The predicted octanol–water partition coefficient (Wildman–Crippen LogP) is 10.7. The number of rotatable bonds is 4. The molecule has 0 unspecified atom stereocenters. The highest BCUT2D eigenvalue weighted by atomic mass is 16.3. The molecule has 0 bridgehead atoms. The Morgan fingerprint density at radius 3 is 1.82 bits per heavy atom. The maximum atomic E-state index is 6.23. The zero-order valence-corrected chi connectivity index (χ0v) is 24.2. The quantitative estimate of drug-likeness (QED) is 0.196. The van der Waals surface area contributed by atoms with Gasteiger partial charge in [0.05, 0.1) is 0 Å². The fourth-order valence-electron chi connectivity index (χ4n) is 6.40. The summed E-state index contributed by atoms with van der Waals surface area (Å²) in [4.78, 5) is 15.4. The molecule has 0 radical (unpaired) electrons. The number of hydrogen-bond acceptors (Lipinski definition) is 4. The second kappa shape index (κ2) is 10.2. The summed E-state index contributed by atoms with van der Waals surface area (Å²) in [6.07, 6.45) is 0. The maximum Gasteiger partial charge on any atom is 0.164 e. The molecule has 0 spiro atoms.